The van der Waals surface area contributed by atoms with E-state index in [1.165, 1.54) is 16.6 Å². The predicted octanol–water partition coefficient (Wildman–Crippen LogP) is 3.78. The maximum Gasteiger partial charge on any atom is 0.276 e. The molecule has 0 amide bonds. The first kappa shape index (κ1) is 16.5. The number of rotatable bonds is 3. The van der Waals surface area contributed by atoms with Gasteiger partial charge in [0, 0.05) is 52.4 Å². The molecule has 130 valence electrons. The average molecular weight is 369 g/mol. The highest BCUT2D eigenvalue weighted by molar-refractivity contribution is 6.31. The third-order valence-corrected chi connectivity index (χ3v) is 4.72. The summed E-state index contributed by atoms with van der Waals surface area (Å²) in [5, 5.41) is 3.22. The van der Waals surface area contributed by atoms with Gasteiger partial charge in [-0.15, -0.1) is 0 Å². The zero-order chi connectivity index (χ0) is 18.3. The Hall–Kier alpha value is -2.99. The highest BCUT2D eigenvalue weighted by atomic mass is 35.5. The molecule has 4 rings (SSSR count). The van der Waals surface area contributed by atoms with Crippen LogP contribution in [0.25, 0.3) is 16.8 Å². The Labute approximate surface area is 153 Å². The molecule has 5 nitrogen and oxygen atoms in total. The van der Waals surface area contributed by atoms with Gasteiger partial charge in [0.25, 0.3) is 5.56 Å². The largest absolute Gasteiger partial charge is 0.296 e. The molecule has 0 bridgehead atoms. The molecule has 3 aromatic heterocycles. The van der Waals surface area contributed by atoms with Crippen LogP contribution in [-0.2, 0) is 6.42 Å². The summed E-state index contributed by atoms with van der Waals surface area (Å²) >= 11 is 6.10. The van der Waals surface area contributed by atoms with Crippen LogP contribution in [0.2, 0.25) is 5.02 Å². The summed E-state index contributed by atoms with van der Waals surface area (Å²) < 4.78 is 15.5. The second-order valence-electron chi connectivity index (χ2n) is 5.94. The zero-order valence-electron chi connectivity index (χ0n) is 13.8. The van der Waals surface area contributed by atoms with Crippen molar-refractivity contribution in [2.75, 3.05) is 0 Å². The van der Waals surface area contributed by atoms with Crippen molar-refractivity contribution in [3.8, 4) is 11.1 Å². The number of hydrogen-bond acceptors (Lipinski definition) is 3. The van der Waals surface area contributed by atoms with Crippen LogP contribution in [0, 0.1) is 12.7 Å². The van der Waals surface area contributed by atoms with E-state index < -0.39 is 5.82 Å². The van der Waals surface area contributed by atoms with E-state index >= 15 is 0 Å². The predicted molar refractivity (Wildman–Crippen MR) is 98.0 cm³/mol. The molecule has 0 unspecified atom stereocenters. The van der Waals surface area contributed by atoms with Crippen LogP contribution >= 0.6 is 11.6 Å². The Morgan fingerprint density at radius 2 is 1.96 bits per heavy atom. The summed E-state index contributed by atoms with van der Waals surface area (Å²) in [6.07, 6.45) is 5.16. The van der Waals surface area contributed by atoms with Crippen molar-refractivity contribution in [2.24, 2.45) is 0 Å². The molecule has 4 aromatic rings. The molecular weight excluding hydrogens is 355 g/mol. The Balaban J connectivity index is 1.87. The van der Waals surface area contributed by atoms with Crippen LogP contribution in [0.5, 0.6) is 0 Å². The third kappa shape index (κ3) is 2.68. The Morgan fingerprint density at radius 3 is 2.69 bits per heavy atom. The second-order valence-corrected chi connectivity index (χ2v) is 6.35. The van der Waals surface area contributed by atoms with Gasteiger partial charge in [-0.05, 0) is 36.8 Å². The summed E-state index contributed by atoms with van der Waals surface area (Å²) in [5.74, 6) is -0.439. The Bertz CT molecular complexity index is 1150. The van der Waals surface area contributed by atoms with E-state index in [0.717, 1.165) is 11.1 Å². The fourth-order valence-electron chi connectivity index (χ4n) is 2.98. The number of benzene rings is 1. The molecule has 26 heavy (non-hydrogen) atoms. The molecule has 0 aliphatic carbocycles. The SMILES string of the molecule is Cc1nc2c(-c3ccncc3)c[nH]n2c(=O)c1Cc1c(F)cccc1Cl. The minimum atomic E-state index is -0.439. The summed E-state index contributed by atoms with van der Waals surface area (Å²) in [7, 11) is 0. The molecule has 0 aliphatic rings. The molecule has 0 saturated carbocycles. The Morgan fingerprint density at radius 1 is 1.19 bits per heavy atom. The maximum absolute atomic E-state index is 14.1. The molecule has 3 heterocycles. The standard InChI is InChI=1S/C19H14ClFN4O/c1-11-13(9-14-16(20)3-2-4-17(14)21)19(26)25-18(24-11)15(10-23-25)12-5-7-22-8-6-12/h2-8,10,23H,9H2,1H3. The van der Waals surface area contributed by atoms with Crippen LogP contribution in [0.15, 0.2) is 53.7 Å². The summed E-state index contributed by atoms with van der Waals surface area (Å²) in [6.45, 7) is 1.74. The molecule has 0 fully saturated rings. The van der Waals surface area contributed by atoms with Gasteiger partial charge in [0.1, 0.15) is 5.82 Å². The molecule has 0 aliphatic heterocycles. The lowest BCUT2D eigenvalue weighted by Gasteiger charge is -2.09. The topological polar surface area (TPSA) is 63.1 Å². The van der Waals surface area contributed by atoms with Crippen molar-refractivity contribution >= 4 is 17.2 Å². The smallest absolute Gasteiger partial charge is 0.276 e. The number of aryl methyl sites for hydroxylation is 1. The minimum Gasteiger partial charge on any atom is -0.296 e. The first-order chi connectivity index (χ1) is 12.6. The molecule has 1 N–H and O–H groups in total. The molecule has 0 radical (unpaired) electrons. The van der Waals surface area contributed by atoms with Crippen molar-refractivity contribution in [3.05, 3.63) is 86.9 Å². The minimum absolute atomic E-state index is 0.0791. The van der Waals surface area contributed by atoms with Crippen molar-refractivity contribution < 1.29 is 4.39 Å². The summed E-state index contributed by atoms with van der Waals surface area (Å²) in [4.78, 5) is 21.5. The van der Waals surface area contributed by atoms with Crippen LogP contribution in [0.1, 0.15) is 16.8 Å². The van der Waals surface area contributed by atoms with E-state index in [1.807, 2.05) is 12.1 Å². The van der Waals surface area contributed by atoms with Crippen LogP contribution < -0.4 is 5.56 Å². The molecule has 1 aromatic carbocycles. The van der Waals surface area contributed by atoms with E-state index in [-0.39, 0.29) is 22.6 Å². The number of nitrogens with zero attached hydrogens (tertiary/aromatic N) is 3. The highest BCUT2D eigenvalue weighted by Crippen LogP contribution is 2.25. The van der Waals surface area contributed by atoms with Crippen molar-refractivity contribution in [1.29, 1.82) is 0 Å². The van der Waals surface area contributed by atoms with Gasteiger partial charge in [-0.3, -0.25) is 14.9 Å². The first-order valence-corrected chi connectivity index (χ1v) is 8.37. The number of nitrogens with one attached hydrogen (secondary N) is 1. The number of hydrogen-bond donors (Lipinski definition) is 1. The number of pyridine rings is 1. The van der Waals surface area contributed by atoms with E-state index in [1.54, 1.807) is 31.6 Å². The maximum atomic E-state index is 14.1. The van der Waals surface area contributed by atoms with Gasteiger partial charge in [0.15, 0.2) is 5.65 Å². The lowest BCUT2D eigenvalue weighted by molar-refractivity contribution is 0.613. The quantitative estimate of drug-likeness (QED) is 0.598. The number of H-pyrrole nitrogens is 1. The number of halogens is 2. The highest BCUT2D eigenvalue weighted by Gasteiger charge is 2.17. The van der Waals surface area contributed by atoms with Gasteiger partial charge in [0.2, 0.25) is 0 Å². The second kappa shape index (κ2) is 6.38. The molecule has 0 atom stereocenters. The lowest BCUT2D eigenvalue weighted by atomic mass is 10.0. The third-order valence-electron chi connectivity index (χ3n) is 4.37. The number of aromatic nitrogens is 4. The average Bonchev–Trinajstić information content (AvgIpc) is 3.05. The molecule has 0 spiro atoms. The van der Waals surface area contributed by atoms with Gasteiger partial charge in [-0.25, -0.2) is 13.9 Å². The number of aromatic amines is 1. The zero-order valence-corrected chi connectivity index (χ0v) is 14.6. The van der Waals surface area contributed by atoms with Gasteiger partial charge >= 0.3 is 0 Å². The van der Waals surface area contributed by atoms with Gasteiger partial charge in [0.05, 0.1) is 0 Å². The van der Waals surface area contributed by atoms with E-state index in [2.05, 4.69) is 15.1 Å². The van der Waals surface area contributed by atoms with Crippen molar-refractivity contribution in [2.45, 2.75) is 13.3 Å². The van der Waals surface area contributed by atoms with E-state index in [9.17, 15) is 9.18 Å². The van der Waals surface area contributed by atoms with Crippen molar-refractivity contribution in [3.63, 3.8) is 0 Å². The number of fused-ring (bicyclic) bond motifs is 1. The molecular formula is C19H14ClFN4O. The van der Waals surface area contributed by atoms with Gasteiger partial charge in [-0.1, -0.05) is 17.7 Å². The summed E-state index contributed by atoms with van der Waals surface area (Å²) in [5.41, 5.74) is 3.17. The lowest BCUT2D eigenvalue weighted by Crippen LogP contribution is -2.22. The fraction of sp³-hybridized carbons (Fsp3) is 0.105. The summed E-state index contributed by atoms with van der Waals surface area (Å²) in [6, 6.07) is 8.16. The van der Waals surface area contributed by atoms with Crippen LogP contribution in [0.4, 0.5) is 4.39 Å². The molecule has 7 heteroatoms. The van der Waals surface area contributed by atoms with Gasteiger partial charge in [-0.2, -0.15) is 0 Å². The first-order valence-electron chi connectivity index (χ1n) is 7.99. The normalized spacial score (nSPS) is 11.2. The fourth-order valence-corrected chi connectivity index (χ4v) is 3.21. The van der Waals surface area contributed by atoms with Crippen LogP contribution in [0.3, 0.4) is 0 Å². The van der Waals surface area contributed by atoms with Crippen molar-refractivity contribution in [1.82, 2.24) is 19.6 Å². The van der Waals surface area contributed by atoms with E-state index in [4.69, 9.17) is 11.6 Å². The van der Waals surface area contributed by atoms with E-state index in [0.29, 0.717) is 16.9 Å². The molecule has 0 saturated heterocycles. The van der Waals surface area contributed by atoms with Crippen LogP contribution in [-0.4, -0.2) is 19.6 Å². The Kier molecular flexibility index (Phi) is 4.05. The van der Waals surface area contributed by atoms with Gasteiger partial charge < -0.3 is 0 Å². The monoisotopic (exact) mass is 368 g/mol.